The molecular formula is C17H23N3O2. The Labute approximate surface area is 131 Å². The minimum atomic E-state index is 0.0503. The average molecular weight is 301 g/mol. The first kappa shape index (κ1) is 16.2. The number of benzene rings is 1. The highest BCUT2D eigenvalue weighted by atomic mass is 16.4. The zero-order valence-electron chi connectivity index (χ0n) is 13.9. The Balaban J connectivity index is 2.13. The molecule has 118 valence electrons. The Kier molecular flexibility index (Phi) is 4.64. The number of carbonyl (C=O) groups excluding carboxylic acids is 1. The van der Waals surface area contributed by atoms with Gasteiger partial charge in [0.25, 0.3) is 0 Å². The number of amides is 1. The van der Waals surface area contributed by atoms with Gasteiger partial charge >= 0.3 is 0 Å². The summed E-state index contributed by atoms with van der Waals surface area (Å²) in [5.74, 6) is 0.973. The van der Waals surface area contributed by atoms with Crippen LogP contribution in [0.2, 0.25) is 0 Å². The van der Waals surface area contributed by atoms with Crippen molar-refractivity contribution in [2.24, 2.45) is 0 Å². The van der Waals surface area contributed by atoms with Crippen LogP contribution < -0.4 is 0 Å². The first-order valence-corrected chi connectivity index (χ1v) is 7.48. The van der Waals surface area contributed by atoms with Crippen LogP contribution in [0.5, 0.6) is 0 Å². The number of carbonyl (C=O) groups is 1. The van der Waals surface area contributed by atoms with Gasteiger partial charge in [0, 0.05) is 19.0 Å². The molecular weight excluding hydrogens is 278 g/mol. The summed E-state index contributed by atoms with van der Waals surface area (Å²) in [4.78, 5) is 13.1. The molecule has 0 radical (unpaired) electrons. The van der Waals surface area contributed by atoms with Crippen LogP contribution in [0.15, 0.2) is 28.7 Å². The van der Waals surface area contributed by atoms with Crippen molar-refractivity contribution < 1.29 is 9.21 Å². The van der Waals surface area contributed by atoms with E-state index in [0.29, 0.717) is 24.7 Å². The number of hydrogen-bond donors (Lipinski definition) is 0. The van der Waals surface area contributed by atoms with E-state index < -0.39 is 0 Å². The van der Waals surface area contributed by atoms with Gasteiger partial charge in [-0.3, -0.25) is 4.79 Å². The van der Waals surface area contributed by atoms with Gasteiger partial charge in [-0.15, -0.1) is 10.2 Å². The van der Waals surface area contributed by atoms with Crippen molar-refractivity contribution in [1.29, 1.82) is 0 Å². The Bertz CT molecular complexity index is 639. The summed E-state index contributed by atoms with van der Waals surface area (Å²) in [6.45, 7) is 8.68. The smallest absolute Gasteiger partial charge is 0.247 e. The van der Waals surface area contributed by atoms with E-state index >= 15 is 0 Å². The fraction of sp³-hybridized carbons (Fsp3) is 0.471. The number of aromatic nitrogens is 2. The second kappa shape index (κ2) is 6.30. The largest absolute Gasteiger partial charge is 0.419 e. The Morgan fingerprint density at radius 3 is 2.36 bits per heavy atom. The highest BCUT2D eigenvalue weighted by molar-refractivity contribution is 5.75. The lowest BCUT2D eigenvalue weighted by atomic mass is 9.87. The van der Waals surface area contributed by atoms with Crippen molar-refractivity contribution in [3.63, 3.8) is 0 Å². The van der Waals surface area contributed by atoms with E-state index in [1.807, 2.05) is 19.1 Å². The molecule has 0 bridgehead atoms. The summed E-state index contributed by atoms with van der Waals surface area (Å²) >= 11 is 0. The summed E-state index contributed by atoms with van der Waals surface area (Å²) in [7, 11) is 1.73. The van der Waals surface area contributed by atoms with E-state index in [9.17, 15) is 4.79 Å². The van der Waals surface area contributed by atoms with Gasteiger partial charge in [0.15, 0.2) is 0 Å². The number of rotatable bonds is 4. The Morgan fingerprint density at radius 2 is 1.82 bits per heavy atom. The first-order chi connectivity index (χ1) is 10.3. The van der Waals surface area contributed by atoms with Crippen molar-refractivity contribution in [1.82, 2.24) is 15.1 Å². The van der Waals surface area contributed by atoms with Crippen LogP contribution in [0, 0.1) is 0 Å². The Hall–Kier alpha value is -2.17. The molecule has 0 aliphatic carbocycles. The normalized spacial score (nSPS) is 11.5. The zero-order chi connectivity index (χ0) is 16.3. The maximum atomic E-state index is 11.6. The molecule has 0 aliphatic heterocycles. The van der Waals surface area contributed by atoms with Crippen LogP contribution in [0.1, 0.15) is 45.6 Å². The summed E-state index contributed by atoms with van der Waals surface area (Å²) < 4.78 is 5.64. The zero-order valence-corrected chi connectivity index (χ0v) is 13.9. The van der Waals surface area contributed by atoms with Gasteiger partial charge < -0.3 is 9.32 Å². The minimum absolute atomic E-state index is 0.0503. The fourth-order valence-electron chi connectivity index (χ4n) is 2.11. The van der Waals surface area contributed by atoms with Crippen molar-refractivity contribution in [3.8, 4) is 11.5 Å². The average Bonchev–Trinajstić information content (AvgIpc) is 2.94. The highest BCUT2D eigenvalue weighted by Gasteiger charge is 2.16. The molecule has 0 aliphatic rings. The molecule has 1 heterocycles. The molecule has 5 heteroatoms. The van der Waals surface area contributed by atoms with E-state index in [1.165, 1.54) is 5.56 Å². The van der Waals surface area contributed by atoms with Crippen LogP contribution in [-0.2, 0) is 16.8 Å². The molecule has 0 N–H and O–H groups in total. The van der Waals surface area contributed by atoms with Crippen LogP contribution in [0.4, 0.5) is 0 Å². The maximum Gasteiger partial charge on any atom is 0.247 e. The van der Waals surface area contributed by atoms with Gasteiger partial charge in [-0.25, -0.2) is 0 Å². The third kappa shape index (κ3) is 3.72. The van der Waals surface area contributed by atoms with Gasteiger partial charge in [0.1, 0.15) is 0 Å². The van der Waals surface area contributed by atoms with Crippen molar-refractivity contribution in [2.75, 3.05) is 7.05 Å². The molecule has 0 saturated heterocycles. The minimum Gasteiger partial charge on any atom is -0.419 e. The summed E-state index contributed by atoms with van der Waals surface area (Å²) in [5.41, 5.74) is 2.25. The molecule has 0 atom stereocenters. The monoisotopic (exact) mass is 301 g/mol. The summed E-state index contributed by atoms with van der Waals surface area (Å²) in [6.07, 6.45) is 0.464. The van der Waals surface area contributed by atoms with Crippen LogP contribution in [-0.4, -0.2) is 28.1 Å². The standard InChI is InChI=1S/C17H23N3O2/c1-6-15(21)20(5)11-14-18-19-16(22-14)12-7-9-13(10-8-12)17(2,3)4/h7-10H,6,11H2,1-5H3. The lowest BCUT2D eigenvalue weighted by Gasteiger charge is -2.18. The summed E-state index contributed by atoms with van der Waals surface area (Å²) in [6, 6.07) is 8.12. The highest BCUT2D eigenvalue weighted by Crippen LogP contribution is 2.25. The second-order valence-corrected chi connectivity index (χ2v) is 6.43. The van der Waals surface area contributed by atoms with Crippen molar-refractivity contribution in [2.45, 2.75) is 46.1 Å². The predicted octanol–water partition coefficient (Wildman–Crippen LogP) is 3.40. The molecule has 1 aromatic heterocycles. The van der Waals surface area contributed by atoms with Gasteiger partial charge in [0.05, 0.1) is 6.54 Å². The molecule has 22 heavy (non-hydrogen) atoms. The lowest BCUT2D eigenvalue weighted by Crippen LogP contribution is -2.25. The lowest BCUT2D eigenvalue weighted by molar-refractivity contribution is -0.130. The van der Waals surface area contributed by atoms with E-state index in [2.05, 4.69) is 43.1 Å². The predicted molar refractivity (Wildman–Crippen MR) is 85.2 cm³/mol. The molecule has 0 saturated carbocycles. The molecule has 0 unspecified atom stereocenters. The van der Waals surface area contributed by atoms with Crippen LogP contribution >= 0.6 is 0 Å². The number of hydrogen-bond acceptors (Lipinski definition) is 4. The molecule has 2 rings (SSSR count). The second-order valence-electron chi connectivity index (χ2n) is 6.43. The van der Waals surface area contributed by atoms with Crippen LogP contribution in [0.3, 0.4) is 0 Å². The van der Waals surface area contributed by atoms with E-state index in [-0.39, 0.29) is 11.3 Å². The summed E-state index contributed by atoms with van der Waals surface area (Å²) in [5, 5.41) is 8.07. The van der Waals surface area contributed by atoms with Crippen molar-refractivity contribution in [3.05, 3.63) is 35.7 Å². The molecule has 1 amide bonds. The van der Waals surface area contributed by atoms with Gasteiger partial charge in [-0.05, 0) is 23.1 Å². The quantitative estimate of drug-likeness (QED) is 0.868. The van der Waals surface area contributed by atoms with Gasteiger partial charge in [0.2, 0.25) is 17.7 Å². The molecule has 0 spiro atoms. The topological polar surface area (TPSA) is 59.2 Å². The van der Waals surface area contributed by atoms with Gasteiger partial charge in [-0.2, -0.15) is 0 Å². The fourth-order valence-corrected chi connectivity index (χ4v) is 2.11. The third-order valence-electron chi connectivity index (χ3n) is 3.57. The van der Waals surface area contributed by atoms with E-state index in [0.717, 1.165) is 5.56 Å². The van der Waals surface area contributed by atoms with Crippen LogP contribution in [0.25, 0.3) is 11.5 Å². The molecule has 2 aromatic rings. The molecule has 1 aromatic carbocycles. The number of nitrogens with zero attached hydrogens (tertiary/aromatic N) is 3. The third-order valence-corrected chi connectivity index (χ3v) is 3.57. The van der Waals surface area contributed by atoms with Gasteiger partial charge in [-0.1, -0.05) is 39.8 Å². The maximum absolute atomic E-state index is 11.6. The molecule has 5 nitrogen and oxygen atoms in total. The first-order valence-electron chi connectivity index (χ1n) is 7.48. The van der Waals surface area contributed by atoms with E-state index in [4.69, 9.17) is 4.42 Å². The van der Waals surface area contributed by atoms with E-state index in [1.54, 1.807) is 11.9 Å². The van der Waals surface area contributed by atoms with Crippen molar-refractivity contribution >= 4 is 5.91 Å². The molecule has 0 fully saturated rings. The Morgan fingerprint density at radius 1 is 1.18 bits per heavy atom. The SMILES string of the molecule is CCC(=O)N(C)Cc1nnc(-c2ccc(C(C)(C)C)cc2)o1.